The molecule has 2 unspecified atom stereocenters. The first-order chi connectivity index (χ1) is 6.56. The van der Waals surface area contributed by atoms with E-state index < -0.39 is 6.10 Å². The summed E-state index contributed by atoms with van der Waals surface area (Å²) in [6.45, 7) is 5.46. The van der Waals surface area contributed by atoms with E-state index in [2.05, 4.69) is 19.2 Å². The number of ether oxygens (including phenoxy) is 1. The Morgan fingerprint density at radius 3 is 2.21 bits per heavy atom. The molecule has 0 fully saturated rings. The SMILES string of the molecule is COCC(O)CNCC(O)CC(C)C. The van der Waals surface area contributed by atoms with Crippen LogP contribution < -0.4 is 5.32 Å². The van der Waals surface area contributed by atoms with E-state index in [-0.39, 0.29) is 6.10 Å². The van der Waals surface area contributed by atoms with Gasteiger partial charge in [0.25, 0.3) is 0 Å². The van der Waals surface area contributed by atoms with Crippen molar-refractivity contribution in [3.05, 3.63) is 0 Å². The maximum Gasteiger partial charge on any atom is 0.0897 e. The molecular weight excluding hydrogens is 182 g/mol. The Morgan fingerprint density at radius 2 is 1.71 bits per heavy atom. The summed E-state index contributed by atoms with van der Waals surface area (Å²) in [6.07, 6.45) is -0.0381. The lowest BCUT2D eigenvalue weighted by Gasteiger charge is -2.15. The molecule has 0 aromatic rings. The molecule has 0 spiro atoms. The molecule has 0 aliphatic heterocycles. The summed E-state index contributed by atoms with van der Waals surface area (Å²) in [4.78, 5) is 0. The molecule has 0 heterocycles. The van der Waals surface area contributed by atoms with Crippen LogP contribution in [0.5, 0.6) is 0 Å². The molecule has 14 heavy (non-hydrogen) atoms. The topological polar surface area (TPSA) is 61.7 Å². The Kier molecular flexibility index (Phi) is 8.08. The second-order valence-corrected chi connectivity index (χ2v) is 4.05. The van der Waals surface area contributed by atoms with Crippen molar-refractivity contribution < 1.29 is 14.9 Å². The molecule has 0 aromatic heterocycles. The fourth-order valence-corrected chi connectivity index (χ4v) is 1.30. The van der Waals surface area contributed by atoms with Gasteiger partial charge < -0.3 is 20.3 Å². The Balaban J connectivity index is 3.34. The molecule has 0 aromatic carbocycles. The van der Waals surface area contributed by atoms with E-state index in [4.69, 9.17) is 4.74 Å². The van der Waals surface area contributed by atoms with E-state index in [0.29, 0.717) is 25.6 Å². The molecule has 4 nitrogen and oxygen atoms in total. The second-order valence-electron chi connectivity index (χ2n) is 4.05. The van der Waals surface area contributed by atoms with Gasteiger partial charge >= 0.3 is 0 Å². The van der Waals surface area contributed by atoms with E-state index in [9.17, 15) is 10.2 Å². The number of aliphatic hydroxyl groups excluding tert-OH is 2. The van der Waals surface area contributed by atoms with Crippen LogP contribution in [0.25, 0.3) is 0 Å². The highest BCUT2D eigenvalue weighted by Crippen LogP contribution is 2.02. The third-order valence-corrected chi connectivity index (χ3v) is 1.86. The second kappa shape index (κ2) is 8.17. The fourth-order valence-electron chi connectivity index (χ4n) is 1.30. The standard InChI is InChI=1S/C10H23NO3/c1-8(2)4-9(12)5-11-6-10(13)7-14-3/h8-13H,4-7H2,1-3H3. The van der Waals surface area contributed by atoms with Crippen molar-refractivity contribution in [3.8, 4) is 0 Å². The van der Waals surface area contributed by atoms with E-state index in [1.54, 1.807) is 7.11 Å². The van der Waals surface area contributed by atoms with Gasteiger partial charge in [-0.05, 0) is 12.3 Å². The van der Waals surface area contributed by atoms with Crippen molar-refractivity contribution in [1.29, 1.82) is 0 Å². The normalized spacial score (nSPS) is 15.9. The molecule has 0 radical (unpaired) electrons. The zero-order chi connectivity index (χ0) is 11.0. The molecule has 0 amide bonds. The monoisotopic (exact) mass is 205 g/mol. The molecule has 86 valence electrons. The number of hydrogen-bond donors (Lipinski definition) is 3. The van der Waals surface area contributed by atoms with Crippen LogP contribution in [0.15, 0.2) is 0 Å². The molecule has 0 aliphatic carbocycles. The summed E-state index contributed by atoms with van der Waals surface area (Å²) < 4.78 is 4.77. The summed E-state index contributed by atoms with van der Waals surface area (Å²) in [5.41, 5.74) is 0. The van der Waals surface area contributed by atoms with Gasteiger partial charge in [0.05, 0.1) is 18.8 Å². The highest BCUT2D eigenvalue weighted by atomic mass is 16.5. The van der Waals surface area contributed by atoms with Crippen LogP contribution in [-0.4, -0.2) is 49.2 Å². The summed E-state index contributed by atoms with van der Waals surface area (Å²) in [6, 6.07) is 0. The zero-order valence-corrected chi connectivity index (χ0v) is 9.36. The van der Waals surface area contributed by atoms with Gasteiger partial charge in [-0.15, -0.1) is 0 Å². The first kappa shape index (κ1) is 13.8. The molecule has 3 N–H and O–H groups in total. The fraction of sp³-hybridized carbons (Fsp3) is 1.00. The molecule has 4 heteroatoms. The summed E-state index contributed by atoms with van der Waals surface area (Å²) >= 11 is 0. The third-order valence-electron chi connectivity index (χ3n) is 1.86. The van der Waals surface area contributed by atoms with E-state index >= 15 is 0 Å². The summed E-state index contributed by atoms with van der Waals surface area (Å²) in [7, 11) is 1.55. The molecule has 0 bridgehead atoms. The van der Waals surface area contributed by atoms with Gasteiger partial charge in [0, 0.05) is 20.2 Å². The number of aliphatic hydroxyl groups is 2. The Bertz CT molecular complexity index is 131. The number of methoxy groups -OCH3 is 1. The van der Waals surface area contributed by atoms with Crippen molar-refractivity contribution in [2.24, 2.45) is 5.92 Å². The Labute approximate surface area is 86.3 Å². The van der Waals surface area contributed by atoms with Crippen LogP contribution in [-0.2, 0) is 4.74 Å². The van der Waals surface area contributed by atoms with Gasteiger partial charge in [0.2, 0.25) is 0 Å². The molecule has 0 saturated heterocycles. The van der Waals surface area contributed by atoms with Crippen molar-refractivity contribution in [1.82, 2.24) is 5.32 Å². The van der Waals surface area contributed by atoms with Crippen molar-refractivity contribution in [2.75, 3.05) is 26.8 Å². The lowest BCUT2D eigenvalue weighted by molar-refractivity contribution is 0.0607. The predicted octanol–water partition coefficient (Wildman–Crippen LogP) is -0.00970. The van der Waals surface area contributed by atoms with Gasteiger partial charge in [-0.25, -0.2) is 0 Å². The van der Waals surface area contributed by atoms with Crippen LogP contribution in [0.4, 0.5) is 0 Å². The van der Waals surface area contributed by atoms with E-state index in [1.807, 2.05) is 0 Å². The van der Waals surface area contributed by atoms with Gasteiger partial charge in [-0.2, -0.15) is 0 Å². The first-order valence-corrected chi connectivity index (χ1v) is 5.12. The number of hydrogen-bond acceptors (Lipinski definition) is 4. The Hall–Kier alpha value is -0.160. The summed E-state index contributed by atoms with van der Waals surface area (Å²) in [5, 5.41) is 21.8. The van der Waals surface area contributed by atoms with Crippen molar-refractivity contribution in [3.63, 3.8) is 0 Å². The van der Waals surface area contributed by atoms with Crippen molar-refractivity contribution in [2.45, 2.75) is 32.5 Å². The van der Waals surface area contributed by atoms with E-state index in [0.717, 1.165) is 6.42 Å². The molecular formula is C10H23NO3. The third kappa shape index (κ3) is 8.44. The lowest BCUT2D eigenvalue weighted by atomic mass is 10.1. The number of nitrogens with one attached hydrogen (secondary N) is 1. The molecule has 0 aliphatic rings. The van der Waals surface area contributed by atoms with Gasteiger partial charge in [0.1, 0.15) is 0 Å². The zero-order valence-electron chi connectivity index (χ0n) is 9.36. The first-order valence-electron chi connectivity index (χ1n) is 5.12. The average molecular weight is 205 g/mol. The number of rotatable bonds is 8. The molecule has 2 atom stereocenters. The maximum absolute atomic E-state index is 9.49. The van der Waals surface area contributed by atoms with Gasteiger partial charge in [0.15, 0.2) is 0 Å². The quantitative estimate of drug-likeness (QED) is 0.521. The predicted molar refractivity (Wildman–Crippen MR) is 56.2 cm³/mol. The molecule has 0 rings (SSSR count). The van der Waals surface area contributed by atoms with Crippen LogP contribution >= 0.6 is 0 Å². The van der Waals surface area contributed by atoms with Crippen LogP contribution in [0.1, 0.15) is 20.3 Å². The van der Waals surface area contributed by atoms with Gasteiger partial charge in [-0.1, -0.05) is 13.8 Å². The largest absolute Gasteiger partial charge is 0.392 e. The smallest absolute Gasteiger partial charge is 0.0897 e. The molecule has 0 saturated carbocycles. The lowest BCUT2D eigenvalue weighted by Crippen LogP contribution is -2.35. The van der Waals surface area contributed by atoms with Gasteiger partial charge in [-0.3, -0.25) is 0 Å². The van der Waals surface area contributed by atoms with E-state index in [1.165, 1.54) is 0 Å². The minimum atomic E-state index is -0.494. The average Bonchev–Trinajstić information content (AvgIpc) is 2.02. The van der Waals surface area contributed by atoms with Crippen LogP contribution in [0.3, 0.4) is 0 Å². The van der Waals surface area contributed by atoms with Crippen LogP contribution in [0, 0.1) is 5.92 Å². The summed E-state index contributed by atoms with van der Waals surface area (Å²) in [5.74, 6) is 0.496. The maximum atomic E-state index is 9.49. The minimum absolute atomic E-state index is 0.327. The Morgan fingerprint density at radius 1 is 1.14 bits per heavy atom. The van der Waals surface area contributed by atoms with Crippen LogP contribution in [0.2, 0.25) is 0 Å². The minimum Gasteiger partial charge on any atom is -0.392 e. The highest BCUT2D eigenvalue weighted by Gasteiger charge is 2.08. The highest BCUT2D eigenvalue weighted by molar-refractivity contribution is 4.64. The van der Waals surface area contributed by atoms with Crippen molar-refractivity contribution >= 4 is 0 Å².